The van der Waals surface area contributed by atoms with E-state index in [1.54, 1.807) is 0 Å². The van der Waals surface area contributed by atoms with Gasteiger partial charge in [0.15, 0.2) is 11.5 Å². The van der Waals surface area contributed by atoms with Gasteiger partial charge in [-0.1, -0.05) is 13.8 Å². The molecule has 4 heteroatoms. The number of hydrogen-bond donors (Lipinski definition) is 2. The van der Waals surface area contributed by atoms with Crippen molar-refractivity contribution in [2.24, 2.45) is 11.1 Å². The van der Waals surface area contributed by atoms with Gasteiger partial charge in [-0.05, 0) is 55.6 Å². The average molecular weight is 264 g/mol. The van der Waals surface area contributed by atoms with Gasteiger partial charge >= 0.3 is 0 Å². The number of fused-ring (bicyclic) bond motifs is 1. The highest BCUT2D eigenvalue weighted by atomic mass is 16.7. The first-order valence-corrected chi connectivity index (χ1v) is 6.74. The maximum absolute atomic E-state index is 5.84. The van der Waals surface area contributed by atoms with Crippen molar-refractivity contribution in [3.8, 4) is 11.5 Å². The summed E-state index contributed by atoms with van der Waals surface area (Å²) in [5.41, 5.74) is 8.43. The third kappa shape index (κ3) is 3.01. The zero-order valence-corrected chi connectivity index (χ0v) is 12.2. The van der Waals surface area contributed by atoms with Crippen LogP contribution in [0.15, 0.2) is 12.1 Å². The van der Waals surface area contributed by atoms with Crippen LogP contribution in [-0.2, 0) is 0 Å². The van der Waals surface area contributed by atoms with Crippen molar-refractivity contribution in [2.75, 3.05) is 20.4 Å². The molecule has 0 aromatic heterocycles. The van der Waals surface area contributed by atoms with Crippen molar-refractivity contribution in [3.63, 3.8) is 0 Å². The molecule has 19 heavy (non-hydrogen) atoms. The molecule has 1 aliphatic rings. The van der Waals surface area contributed by atoms with E-state index in [1.165, 1.54) is 11.1 Å². The number of hydrogen-bond acceptors (Lipinski definition) is 4. The van der Waals surface area contributed by atoms with E-state index in [1.807, 2.05) is 7.05 Å². The van der Waals surface area contributed by atoms with Gasteiger partial charge in [-0.2, -0.15) is 0 Å². The number of nitrogens with one attached hydrogen (secondary N) is 1. The summed E-state index contributed by atoms with van der Waals surface area (Å²) in [5.74, 6) is 1.68. The summed E-state index contributed by atoms with van der Waals surface area (Å²) in [4.78, 5) is 0. The van der Waals surface area contributed by atoms with Gasteiger partial charge in [-0.15, -0.1) is 0 Å². The highest BCUT2D eigenvalue weighted by molar-refractivity contribution is 5.49. The molecular formula is C15H24N2O2. The molecule has 2 rings (SSSR count). The fraction of sp³-hybridized carbons (Fsp3) is 0.600. The molecule has 0 saturated heterocycles. The topological polar surface area (TPSA) is 56.5 Å². The minimum Gasteiger partial charge on any atom is -0.454 e. The Morgan fingerprint density at radius 3 is 2.53 bits per heavy atom. The van der Waals surface area contributed by atoms with Gasteiger partial charge in [-0.25, -0.2) is 0 Å². The van der Waals surface area contributed by atoms with Crippen LogP contribution in [0.4, 0.5) is 0 Å². The predicted octanol–water partition coefficient (Wildman–Crippen LogP) is 2.36. The van der Waals surface area contributed by atoms with E-state index in [-0.39, 0.29) is 11.5 Å². The maximum Gasteiger partial charge on any atom is 0.231 e. The van der Waals surface area contributed by atoms with E-state index in [2.05, 4.69) is 38.2 Å². The summed E-state index contributed by atoms with van der Waals surface area (Å²) in [7, 11) is 1.99. The third-order valence-electron chi connectivity index (χ3n) is 3.79. The highest BCUT2D eigenvalue weighted by Crippen LogP contribution is 2.39. The molecule has 1 unspecified atom stereocenters. The average Bonchev–Trinajstić information content (AvgIpc) is 2.82. The largest absolute Gasteiger partial charge is 0.454 e. The van der Waals surface area contributed by atoms with Crippen LogP contribution >= 0.6 is 0 Å². The predicted molar refractivity (Wildman–Crippen MR) is 76.6 cm³/mol. The summed E-state index contributed by atoms with van der Waals surface area (Å²) in [6.07, 6.45) is 0.987. The first kappa shape index (κ1) is 14.2. The van der Waals surface area contributed by atoms with Crippen LogP contribution in [0.5, 0.6) is 11.5 Å². The van der Waals surface area contributed by atoms with Crippen molar-refractivity contribution in [1.82, 2.24) is 5.32 Å². The van der Waals surface area contributed by atoms with Crippen LogP contribution in [0.2, 0.25) is 0 Å². The molecule has 0 fully saturated rings. The smallest absolute Gasteiger partial charge is 0.231 e. The van der Waals surface area contributed by atoms with Crippen LogP contribution in [0.25, 0.3) is 0 Å². The Hall–Kier alpha value is -1.26. The third-order valence-corrected chi connectivity index (χ3v) is 3.79. The number of ether oxygens (including phenoxy) is 2. The van der Waals surface area contributed by atoms with Crippen LogP contribution in [-0.4, -0.2) is 20.4 Å². The summed E-state index contributed by atoms with van der Waals surface area (Å²) < 4.78 is 10.9. The van der Waals surface area contributed by atoms with E-state index >= 15 is 0 Å². The van der Waals surface area contributed by atoms with Gasteiger partial charge in [-0.3, -0.25) is 0 Å². The van der Waals surface area contributed by atoms with Crippen molar-refractivity contribution >= 4 is 0 Å². The molecular weight excluding hydrogens is 240 g/mol. The van der Waals surface area contributed by atoms with Crippen molar-refractivity contribution in [2.45, 2.75) is 33.2 Å². The molecule has 0 amide bonds. The van der Waals surface area contributed by atoms with E-state index < -0.39 is 0 Å². The van der Waals surface area contributed by atoms with Crippen molar-refractivity contribution in [1.29, 1.82) is 0 Å². The summed E-state index contributed by atoms with van der Waals surface area (Å²) in [5, 5.41) is 3.39. The molecule has 0 bridgehead atoms. The highest BCUT2D eigenvalue weighted by Gasteiger charge is 2.25. The number of nitrogens with two attached hydrogens (primary N) is 1. The molecule has 0 radical (unpaired) electrons. The lowest BCUT2D eigenvalue weighted by Gasteiger charge is -2.29. The van der Waals surface area contributed by atoms with Crippen molar-refractivity contribution < 1.29 is 9.47 Å². The van der Waals surface area contributed by atoms with E-state index in [4.69, 9.17) is 15.2 Å². The quantitative estimate of drug-likeness (QED) is 0.857. The summed E-state index contributed by atoms with van der Waals surface area (Å²) >= 11 is 0. The lowest BCUT2D eigenvalue weighted by atomic mass is 9.82. The molecule has 1 aromatic carbocycles. The van der Waals surface area contributed by atoms with E-state index in [9.17, 15) is 0 Å². The van der Waals surface area contributed by atoms with Crippen LogP contribution in [0.1, 0.15) is 37.4 Å². The van der Waals surface area contributed by atoms with Gasteiger partial charge in [0.2, 0.25) is 6.79 Å². The number of aryl methyl sites for hydroxylation is 1. The molecule has 3 N–H and O–H groups in total. The lowest BCUT2D eigenvalue weighted by molar-refractivity contribution is 0.174. The van der Waals surface area contributed by atoms with Gasteiger partial charge < -0.3 is 20.5 Å². The number of rotatable bonds is 5. The standard InChI is InChI=1S/C15H24N2O2/c1-10-5-13-14(19-9-18-13)6-11(10)12(17-4)7-15(2,3)8-16/h5-6,12,17H,7-9,16H2,1-4H3. The Morgan fingerprint density at radius 2 is 1.95 bits per heavy atom. The van der Waals surface area contributed by atoms with Crippen LogP contribution in [0.3, 0.4) is 0 Å². The first-order chi connectivity index (χ1) is 8.96. The van der Waals surface area contributed by atoms with E-state index in [0.29, 0.717) is 13.3 Å². The Morgan fingerprint density at radius 1 is 1.32 bits per heavy atom. The summed E-state index contributed by atoms with van der Waals surface area (Å²) in [6, 6.07) is 4.41. The van der Waals surface area contributed by atoms with Crippen molar-refractivity contribution in [3.05, 3.63) is 23.3 Å². The molecule has 1 heterocycles. The van der Waals surface area contributed by atoms with E-state index in [0.717, 1.165) is 17.9 Å². The second-order valence-corrected chi connectivity index (χ2v) is 5.98. The second-order valence-electron chi connectivity index (χ2n) is 5.98. The Labute approximate surface area is 115 Å². The molecule has 0 aliphatic carbocycles. The fourth-order valence-corrected chi connectivity index (χ4v) is 2.44. The van der Waals surface area contributed by atoms with Crippen LogP contribution < -0.4 is 20.5 Å². The zero-order valence-electron chi connectivity index (χ0n) is 12.2. The molecule has 1 aliphatic heterocycles. The Balaban J connectivity index is 2.28. The van der Waals surface area contributed by atoms with Crippen LogP contribution in [0, 0.1) is 12.3 Å². The number of benzene rings is 1. The minimum absolute atomic E-state index is 0.108. The summed E-state index contributed by atoms with van der Waals surface area (Å²) in [6.45, 7) is 7.49. The molecule has 0 saturated carbocycles. The Bertz CT molecular complexity index is 458. The molecule has 0 spiro atoms. The zero-order chi connectivity index (χ0) is 14.0. The van der Waals surface area contributed by atoms with Gasteiger partial charge in [0.25, 0.3) is 0 Å². The Kier molecular flexibility index (Phi) is 4.02. The lowest BCUT2D eigenvalue weighted by Crippen LogP contribution is -2.30. The minimum atomic E-state index is 0.108. The monoisotopic (exact) mass is 264 g/mol. The SMILES string of the molecule is CNC(CC(C)(C)CN)c1cc2c(cc1C)OCO2. The second kappa shape index (κ2) is 5.39. The first-order valence-electron chi connectivity index (χ1n) is 6.74. The van der Waals surface area contributed by atoms with Gasteiger partial charge in [0, 0.05) is 6.04 Å². The van der Waals surface area contributed by atoms with Gasteiger partial charge in [0.1, 0.15) is 0 Å². The molecule has 1 atom stereocenters. The normalized spacial score (nSPS) is 15.6. The van der Waals surface area contributed by atoms with Gasteiger partial charge in [0.05, 0.1) is 0 Å². The molecule has 4 nitrogen and oxygen atoms in total. The fourth-order valence-electron chi connectivity index (χ4n) is 2.44. The molecule has 1 aromatic rings. The molecule has 106 valence electrons. The maximum atomic E-state index is 5.84.